The van der Waals surface area contributed by atoms with E-state index in [2.05, 4.69) is 4.90 Å². The number of benzene rings is 1. The van der Waals surface area contributed by atoms with E-state index in [-0.39, 0.29) is 11.4 Å². The minimum absolute atomic E-state index is 0.225. The first-order chi connectivity index (χ1) is 10.2. The van der Waals surface area contributed by atoms with Gasteiger partial charge >= 0.3 is 0 Å². The number of nitrogens with zero attached hydrogens (tertiary/aromatic N) is 1. The van der Waals surface area contributed by atoms with Gasteiger partial charge in [0, 0.05) is 26.2 Å². The molecule has 0 amide bonds. The first-order valence-electron chi connectivity index (χ1n) is 7.88. The molecule has 2 aliphatic rings. The number of methoxy groups -OCH3 is 1. The molecule has 1 aliphatic carbocycles. The number of hydrogen-bond acceptors (Lipinski definition) is 3. The molecule has 1 heterocycles. The van der Waals surface area contributed by atoms with Gasteiger partial charge in [0.05, 0.1) is 0 Å². The molecule has 1 saturated carbocycles. The molecule has 2 fully saturated rings. The molecular weight excluding hydrogens is 269 g/mol. The van der Waals surface area contributed by atoms with E-state index in [0.29, 0.717) is 12.4 Å². The van der Waals surface area contributed by atoms with Crippen LogP contribution < -0.4 is 4.74 Å². The highest BCUT2D eigenvalue weighted by Gasteiger charge is 2.41. The Labute approximate surface area is 126 Å². The number of likely N-dealkylation sites (tertiary alicyclic amines) is 1. The summed E-state index contributed by atoms with van der Waals surface area (Å²) in [5.74, 6) is 0.462. The van der Waals surface area contributed by atoms with Crippen molar-refractivity contribution >= 4 is 0 Å². The molecule has 4 heteroatoms. The summed E-state index contributed by atoms with van der Waals surface area (Å²) in [5, 5.41) is 0. The number of hydrogen-bond donors (Lipinski definition) is 0. The van der Waals surface area contributed by atoms with Crippen molar-refractivity contribution < 1.29 is 13.9 Å². The molecule has 1 aromatic carbocycles. The average molecular weight is 293 g/mol. The summed E-state index contributed by atoms with van der Waals surface area (Å²) >= 11 is 0. The van der Waals surface area contributed by atoms with Gasteiger partial charge in [0.2, 0.25) is 0 Å². The van der Waals surface area contributed by atoms with Crippen molar-refractivity contribution in [2.75, 3.05) is 26.8 Å². The Morgan fingerprint density at radius 1 is 1.24 bits per heavy atom. The summed E-state index contributed by atoms with van der Waals surface area (Å²) in [4.78, 5) is 2.56. The van der Waals surface area contributed by atoms with Crippen LogP contribution in [-0.4, -0.2) is 43.3 Å². The largest absolute Gasteiger partial charge is 0.491 e. The molecule has 21 heavy (non-hydrogen) atoms. The van der Waals surface area contributed by atoms with E-state index >= 15 is 0 Å². The minimum atomic E-state index is -0.239. The Morgan fingerprint density at radius 2 is 1.95 bits per heavy atom. The molecule has 0 aromatic heterocycles. The van der Waals surface area contributed by atoms with E-state index in [0.717, 1.165) is 25.6 Å². The van der Waals surface area contributed by atoms with Crippen LogP contribution in [0.4, 0.5) is 4.39 Å². The fourth-order valence-corrected chi connectivity index (χ4v) is 3.55. The third-order valence-electron chi connectivity index (χ3n) is 4.94. The Kier molecular flexibility index (Phi) is 4.45. The van der Waals surface area contributed by atoms with Gasteiger partial charge in [-0.05, 0) is 43.5 Å². The van der Waals surface area contributed by atoms with Crippen LogP contribution in [0.15, 0.2) is 24.3 Å². The first-order valence-corrected chi connectivity index (χ1v) is 7.88. The molecule has 1 atom stereocenters. The van der Waals surface area contributed by atoms with Crippen LogP contribution in [0.2, 0.25) is 0 Å². The van der Waals surface area contributed by atoms with E-state index in [1.807, 2.05) is 0 Å². The quantitative estimate of drug-likeness (QED) is 0.832. The summed E-state index contributed by atoms with van der Waals surface area (Å²) in [6.45, 7) is 2.55. The summed E-state index contributed by atoms with van der Waals surface area (Å²) < 4.78 is 24.5. The van der Waals surface area contributed by atoms with Crippen molar-refractivity contribution in [3.63, 3.8) is 0 Å². The molecule has 0 radical (unpaired) electrons. The molecule has 116 valence electrons. The van der Waals surface area contributed by atoms with Gasteiger partial charge in [-0.1, -0.05) is 12.8 Å². The zero-order valence-corrected chi connectivity index (χ0v) is 12.7. The van der Waals surface area contributed by atoms with Gasteiger partial charge in [0.25, 0.3) is 0 Å². The Hall–Kier alpha value is -1.13. The zero-order chi connectivity index (χ0) is 14.7. The molecule has 1 aliphatic heterocycles. The van der Waals surface area contributed by atoms with Crippen molar-refractivity contribution in [1.82, 2.24) is 4.90 Å². The lowest BCUT2D eigenvalue weighted by Crippen LogP contribution is -2.43. The molecule has 3 nitrogen and oxygen atoms in total. The van der Waals surface area contributed by atoms with Crippen LogP contribution >= 0.6 is 0 Å². The second-order valence-electron chi connectivity index (χ2n) is 6.29. The third kappa shape index (κ3) is 3.38. The van der Waals surface area contributed by atoms with E-state index in [9.17, 15) is 4.39 Å². The van der Waals surface area contributed by atoms with Gasteiger partial charge in [-0.3, -0.25) is 4.90 Å². The van der Waals surface area contributed by atoms with Crippen molar-refractivity contribution in [3.8, 4) is 5.75 Å². The van der Waals surface area contributed by atoms with Crippen LogP contribution in [-0.2, 0) is 4.74 Å². The SMILES string of the molecule is COC1(COc2ccc(F)cc2)CCN(C2CCCC2)C1. The molecule has 1 unspecified atom stereocenters. The lowest BCUT2D eigenvalue weighted by molar-refractivity contribution is -0.0378. The standard InChI is InChI=1S/C17H24FNO2/c1-20-17(13-21-16-8-6-14(18)7-9-16)10-11-19(12-17)15-4-2-3-5-15/h6-9,15H,2-5,10-13H2,1H3. The van der Waals surface area contributed by atoms with Gasteiger partial charge in [0.1, 0.15) is 23.8 Å². The van der Waals surface area contributed by atoms with E-state index in [1.165, 1.54) is 37.8 Å². The van der Waals surface area contributed by atoms with Crippen LogP contribution in [0.5, 0.6) is 5.75 Å². The first kappa shape index (κ1) is 14.8. The topological polar surface area (TPSA) is 21.7 Å². The normalized spacial score (nSPS) is 27.3. The summed E-state index contributed by atoms with van der Waals surface area (Å²) in [6.07, 6.45) is 6.35. The predicted molar refractivity (Wildman–Crippen MR) is 80.1 cm³/mol. The predicted octanol–water partition coefficient (Wildman–Crippen LogP) is 3.24. The second-order valence-corrected chi connectivity index (χ2v) is 6.29. The smallest absolute Gasteiger partial charge is 0.123 e. The van der Waals surface area contributed by atoms with Gasteiger partial charge in [-0.25, -0.2) is 4.39 Å². The second kappa shape index (κ2) is 6.32. The van der Waals surface area contributed by atoms with Crippen LogP contribution in [0.3, 0.4) is 0 Å². The maximum absolute atomic E-state index is 12.9. The molecule has 1 saturated heterocycles. The molecule has 0 spiro atoms. The molecule has 1 aromatic rings. The average Bonchev–Trinajstić information content (AvgIpc) is 3.17. The Balaban J connectivity index is 1.58. The van der Waals surface area contributed by atoms with Crippen molar-refractivity contribution in [1.29, 1.82) is 0 Å². The fraction of sp³-hybridized carbons (Fsp3) is 0.647. The zero-order valence-electron chi connectivity index (χ0n) is 12.7. The summed E-state index contributed by atoms with van der Waals surface area (Å²) in [5.41, 5.74) is -0.225. The van der Waals surface area contributed by atoms with E-state index in [1.54, 1.807) is 19.2 Å². The molecular formula is C17H24FNO2. The summed E-state index contributed by atoms with van der Waals surface area (Å²) in [6, 6.07) is 6.92. The fourth-order valence-electron chi connectivity index (χ4n) is 3.55. The monoisotopic (exact) mass is 293 g/mol. The van der Waals surface area contributed by atoms with Crippen LogP contribution in [0.25, 0.3) is 0 Å². The van der Waals surface area contributed by atoms with Gasteiger partial charge < -0.3 is 9.47 Å². The highest BCUT2D eigenvalue weighted by molar-refractivity contribution is 5.22. The third-order valence-corrected chi connectivity index (χ3v) is 4.94. The van der Waals surface area contributed by atoms with Crippen molar-refractivity contribution in [3.05, 3.63) is 30.1 Å². The van der Waals surface area contributed by atoms with Crippen LogP contribution in [0, 0.1) is 5.82 Å². The Bertz CT molecular complexity index is 458. The lowest BCUT2D eigenvalue weighted by Gasteiger charge is -2.30. The minimum Gasteiger partial charge on any atom is -0.491 e. The highest BCUT2D eigenvalue weighted by Crippen LogP contribution is 2.32. The Morgan fingerprint density at radius 3 is 2.62 bits per heavy atom. The maximum atomic E-state index is 12.9. The molecule has 0 N–H and O–H groups in total. The van der Waals surface area contributed by atoms with Crippen molar-refractivity contribution in [2.45, 2.75) is 43.7 Å². The van der Waals surface area contributed by atoms with E-state index < -0.39 is 0 Å². The molecule has 3 rings (SSSR count). The lowest BCUT2D eigenvalue weighted by atomic mass is 10.0. The maximum Gasteiger partial charge on any atom is 0.123 e. The molecule has 0 bridgehead atoms. The van der Waals surface area contributed by atoms with Gasteiger partial charge in [-0.15, -0.1) is 0 Å². The number of halogens is 1. The van der Waals surface area contributed by atoms with E-state index in [4.69, 9.17) is 9.47 Å². The number of ether oxygens (including phenoxy) is 2. The van der Waals surface area contributed by atoms with Crippen molar-refractivity contribution in [2.24, 2.45) is 0 Å². The highest BCUT2D eigenvalue weighted by atomic mass is 19.1. The number of rotatable bonds is 5. The van der Waals surface area contributed by atoms with Gasteiger partial charge in [0.15, 0.2) is 0 Å². The van der Waals surface area contributed by atoms with Gasteiger partial charge in [-0.2, -0.15) is 0 Å². The van der Waals surface area contributed by atoms with Crippen LogP contribution in [0.1, 0.15) is 32.1 Å². The summed E-state index contributed by atoms with van der Waals surface area (Å²) in [7, 11) is 1.77.